The first kappa shape index (κ1) is 15.3. The fourth-order valence-electron chi connectivity index (χ4n) is 3.46. The number of hydrogen-bond donors (Lipinski definition) is 0. The average molecular weight is 280 g/mol. The van der Waals surface area contributed by atoms with Crippen LogP contribution in [0.4, 0.5) is 0 Å². The Labute approximate surface area is 122 Å². The van der Waals surface area contributed by atoms with Crippen LogP contribution in [0.25, 0.3) is 0 Å². The first-order valence-corrected chi connectivity index (χ1v) is 8.23. The highest BCUT2D eigenvalue weighted by Gasteiger charge is 2.26. The van der Waals surface area contributed by atoms with Gasteiger partial charge in [-0.15, -0.1) is 0 Å². The van der Waals surface area contributed by atoms with Crippen molar-refractivity contribution in [2.75, 3.05) is 19.6 Å². The maximum Gasteiger partial charge on any atom is 0.242 e. The first-order chi connectivity index (χ1) is 9.68. The summed E-state index contributed by atoms with van der Waals surface area (Å²) in [5.41, 5.74) is 0. The van der Waals surface area contributed by atoms with Gasteiger partial charge in [0.1, 0.15) is 0 Å². The SMILES string of the molecule is CC(=O)N(CC(=O)N1CCCCC1)C1CCCCCC1. The number of rotatable bonds is 3. The number of carbonyl (C=O) groups excluding carboxylic acids is 2. The van der Waals surface area contributed by atoms with Crippen molar-refractivity contribution in [1.29, 1.82) is 0 Å². The van der Waals surface area contributed by atoms with Gasteiger partial charge in [-0.1, -0.05) is 25.7 Å². The number of nitrogens with zero attached hydrogens (tertiary/aromatic N) is 2. The van der Waals surface area contributed by atoms with Gasteiger partial charge in [0.25, 0.3) is 0 Å². The summed E-state index contributed by atoms with van der Waals surface area (Å²) < 4.78 is 0. The summed E-state index contributed by atoms with van der Waals surface area (Å²) in [7, 11) is 0. The van der Waals surface area contributed by atoms with Crippen molar-refractivity contribution in [1.82, 2.24) is 9.80 Å². The van der Waals surface area contributed by atoms with E-state index in [9.17, 15) is 9.59 Å². The summed E-state index contributed by atoms with van der Waals surface area (Å²) in [6, 6.07) is 0.281. The molecule has 2 fully saturated rings. The molecular weight excluding hydrogens is 252 g/mol. The Balaban J connectivity index is 1.93. The monoisotopic (exact) mass is 280 g/mol. The van der Waals surface area contributed by atoms with E-state index >= 15 is 0 Å². The molecule has 4 heteroatoms. The van der Waals surface area contributed by atoms with E-state index in [1.54, 1.807) is 6.92 Å². The van der Waals surface area contributed by atoms with Gasteiger partial charge in [0.2, 0.25) is 11.8 Å². The van der Waals surface area contributed by atoms with E-state index in [0.717, 1.165) is 38.8 Å². The van der Waals surface area contributed by atoms with Crippen LogP contribution in [0.3, 0.4) is 0 Å². The fraction of sp³-hybridized carbons (Fsp3) is 0.875. The first-order valence-electron chi connectivity index (χ1n) is 8.23. The number of amides is 2. The lowest BCUT2D eigenvalue weighted by atomic mass is 10.1. The standard InChI is InChI=1S/C16H28N2O2/c1-14(19)18(15-9-5-2-3-6-10-15)13-16(20)17-11-7-4-8-12-17/h15H,2-13H2,1H3. The van der Waals surface area contributed by atoms with Gasteiger partial charge in [-0.3, -0.25) is 9.59 Å². The molecule has 0 radical (unpaired) electrons. The third-order valence-electron chi connectivity index (χ3n) is 4.68. The summed E-state index contributed by atoms with van der Waals surface area (Å²) in [6.45, 7) is 3.64. The smallest absolute Gasteiger partial charge is 0.242 e. The van der Waals surface area contributed by atoms with Crippen molar-refractivity contribution >= 4 is 11.8 Å². The fourth-order valence-corrected chi connectivity index (χ4v) is 3.46. The van der Waals surface area contributed by atoms with Gasteiger partial charge in [-0.25, -0.2) is 0 Å². The van der Waals surface area contributed by atoms with Gasteiger partial charge in [-0.2, -0.15) is 0 Å². The molecule has 0 aromatic carbocycles. The van der Waals surface area contributed by atoms with Crippen molar-refractivity contribution in [2.45, 2.75) is 70.8 Å². The highest BCUT2D eigenvalue weighted by atomic mass is 16.2. The topological polar surface area (TPSA) is 40.6 Å². The molecule has 4 nitrogen and oxygen atoms in total. The molecule has 0 N–H and O–H groups in total. The third-order valence-corrected chi connectivity index (χ3v) is 4.68. The van der Waals surface area contributed by atoms with Crippen molar-refractivity contribution in [3.8, 4) is 0 Å². The molecule has 114 valence electrons. The van der Waals surface area contributed by atoms with E-state index in [1.165, 1.54) is 32.1 Å². The lowest BCUT2D eigenvalue weighted by Crippen LogP contribution is -2.47. The van der Waals surface area contributed by atoms with Gasteiger partial charge in [0, 0.05) is 26.1 Å². The summed E-state index contributed by atoms with van der Waals surface area (Å²) in [6.07, 6.45) is 10.5. The highest BCUT2D eigenvalue weighted by Crippen LogP contribution is 2.22. The maximum atomic E-state index is 12.4. The van der Waals surface area contributed by atoms with Crippen LogP contribution in [-0.4, -0.2) is 47.3 Å². The number of piperidine rings is 1. The molecule has 0 spiro atoms. The van der Waals surface area contributed by atoms with Gasteiger partial charge in [-0.05, 0) is 32.1 Å². The Bertz CT molecular complexity index is 329. The minimum atomic E-state index is 0.0576. The molecule has 1 aliphatic heterocycles. The van der Waals surface area contributed by atoms with Gasteiger partial charge < -0.3 is 9.80 Å². The second-order valence-electron chi connectivity index (χ2n) is 6.23. The summed E-state index contributed by atoms with van der Waals surface area (Å²) >= 11 is 0. The molecule has 1 saturated carbocycles. The van der Waals surface area contributed by atoms with E-state index < -0.39 is 0 Å². The van der Waals surface area contributed by atoms with Crippen LogP contribution in [0.15, 0.2) is 0 Å². The van der Waals surface area contributed by atoms with Crippen LogP contribution >= 0.6 is 0 Å². The Kier molecular flexibility index (Phi) is 5.86. The Morgan fingerprint density at radius 3 is 2.05 bits per heavy atom. The molecule has 2 rings (SSSR count). The van der Waals surface area contributed by atoms with Gasteiger partial charge in [0.15, 0.2) is 0 Å². The Morgan fingerprint density at radius 1 is 0.950 bits per heavy atom. The largest absolute Gasteiger partial charge is 0.341 e. The highest BCUT2D eigenvalue weighted by molar-refractivity contribution is 5.84. The minimum absolute atomic E-state index is 0.0576. The molecule has 0 bridgehead atoms. The molecule has 0 aromatic heterocycles. The van der Waals surface area contributed by atoms with Crippen LogP contribution in [-0.2, 0) is 9.59 Å². The minimum Gasteiger partial charge on any atom is -0.341 e. The van der Waals surface area contributed by atoms with Crippen LogP contribution in [0.5, 0.6) is 0 Å². The van der Waals surface area contributed by atoms with E-state index in [0.29, 0.717) is 6.54 Å². The zero-order valence-corrected chi connectivity index (χ0v) is 12.8. The van der Waals surface area contributed by atoms with Crippen LogP contribution < -0.4 is 0 Å². The van der Waals surface area contributed by atoms with E-state index in [2.05, 4.69) is 0 Å². The van der Waals surface area contributed by atoms with Crippen LogP contribution in [0.1, 0.15) is 64.7 Å². The molecule has 0 atom stereocenters. The van der Waals surface area contributed by atoms with E-state index in [4.69, 9.17) is 0 Å². The lowest BCUT2D eigenvalue weighted by molar-refractivity contribution is -0.142. The van der Waals surface area contributed by atoms with Crippen LogP contribution in [0.2, 0.25) is 0 Å². The van der Waals surface area contributed by atoms with Gasteiger partial charge in [0.05, 0.1) is 6.54 Å². The summed E-state index contributed by atoms with van der Waals surface area (Å²) in [5.74, 6) is 0.200. The average Bonchev–Trinajstić information content (AvgIpc) is 2.74. The van der Waals surface area contributed by atoms with Crippen molar-refractivity contribution < 1.29 is 9.59 Å². The van der Waals surface area contributed by atoms with Crippen LogP contribution in [0, 0.1) is 0 Å². The number of carbonyl (C=O) groups is 2. The maximum absolute atomic E-state index is 12.4. The summed E-state index contributed by atoms with van der Waals surface area (Å²) in [4.78, 5) is 28.1. The molecule has 0 unspecified atom stereocenters. The van der Waals surface area contributed by atoms with E-state index in [-0.39, 0.29) is 17.9 Å². The molecule has 1 heterocycles. The predicted molar refractivity (Wildman–Crippen MR) is 79.3 cm³/mol. The Morgan fingerprint density at radius 2 is 1.50 bits per heavy atom. The van der Waals surface area contributed by atoms with E-state index in [1.807, 2.05) is 9.80 Å². The number of hydrogen-bond acceptors (Lipinski definition) is 2. The molecule has 2 amide bonds. The Hall–Kier alpha value is -1.06. The second-order valence-corrected chi connectivity index (χ2v) is 6.23. The zero-order valence-electron chi connectivity index (χ0n) is 12.8. The van der Waals surface area contributed by atoms with Crippen molar-refractivity contribution in [3.05, 3.63) is 0 Å². The molecule has 1 saturated heterocycles. The normalized spacial score (nSPS) is 21.4. The predicted octanol–water partition coefficient (Wildman–Crippen LogP) is 2.57. The number of likely N-dealkylation sites (tertiary alicyclic amines) is 1. The zero-order chi connectivity index (χ0) is 14.4. The molecule has 0 aromatic rings. The van der Waals surface area contributed by atoms with Gasteiger partial charge >= 0.3 is 0 Å². The summed E-state index contributed by atoms with van der Waals surface area (Å²) in [5, 5.41) is 0. The van der Waals surface area contributed by atoms with Crippen molar-refractivity contribution in [3.63, 3.8) is 0 Å². The second kappa shape index (κ2) is 7.65. The lowest BCUT2D eigenvalue weighted by Gasteiger charge is -2.33. The molecule has 20 heavy (non-hydrogen) atoms. The third kappa shape index (κ3) is 4.22. The molecule has 1 aliphatic carbocycles. The quantitative estimate of drug-likeness (QED) is 0.746. The van der Waals surface area contributed by atoms with Crippen molar-refractivity contribution in [2.24, 2.45) is 0 Å². The molecule has 2 aliphatic rings. The molecular formula is C16H28N2O2.